The molecule has 0 radical (unpaired) electrons. The molecule has 15 heavy (non-hydrogen) atoms. The highest BCUT2D eigenvalue weighted by atomic mass is 35.5. The lowest BCUT2D eigenvalue weighted by atomic mass is 9.92. The van der Waals surface area contributed by atoms with Crippen LogP contribution in [0.15, 0.2) is 12.1 Å². The van der Waals surface area contributed by atoms with Crippen LogP contribution in [0.4, 0.5) is 4.39 Å². The molecule has 0 amide bonds. The molecule has 0 heterocycles. The summed E-state index contributed by atoms with van der Waals surface area (Å²) in [6.07, 6.45) is 4.68. The number of carbonyl (C=O) groups is 1. The normalized spacial score (nSPS) is 13.7. The zero-order valence-corrected chi connectivity index (χ0v) is 8.51. The first-order chi connectivity index (χ1) is 7.11. The van der Waals surface area contributed by atoms with Gasteiger partial charge in [0.25, 0.3) is 0 Å². The average molecular weight is 227 g/mol. The number of aromatic carboxylic acids is 1. The van der Waals surface area contributed by atoms with Gasteiger partial charge < -0.3 is 5.11 Å². The van der Waals surface area contributed by atoms with Crippen molar-refractivity contribution in [3.05, 3.63) is 39.7 Å². The van der Waals surface area contributed by atoms with Gasteiger partial charge in [-0.3, -0.25) is 0 Å². The van der Waals surface area contributed by atoms with Crippen LogP contribution in [0.5, 0.6) is 0 Å². The Kier molecular flexibility index (Phi) is 2.49. The monoisotopic (exact) mass is 226 g/mol. The van der Waals surface area contributed by atoms with Crippen molar-refractivity contribution in [3.8, 4) is 0 Å². The fourth-order valence-electron chi connectivity index (χ4n) is 1.75. The van der Waals surface area contributed by atoms with E-state index >= 15 is 0 Å². The van der Waals surface area contributed by atoms with Crippen LogP contribution in [-0.4, -0.2) is 11.1 Å². The van der Waals surface area contributed by atoms with Crippen molar-refractivity contribution in [2.45, 2.75) is 12.8 Å². The molecule has 0 unspecified atom stereocenters. The Morgan fingerprint density at radius 3 is 2.93 bits per heavy atom. The van der Waals surface area contributed by atoms with Gasteiger partial charge in [-0.15, -0.1) is 0 Å². The molecule has 1 aromatic carbocycles. The smallest absolute Gasteiger partial charge is 0.336 e. The van der Waals surface area contributed by atoms with Crippen LogP contribution in [-0.2, 0) is 6.42 Å². The number of hydrogen-bond donors (Lipinski definition) is 1. The van der Waals surface area contributed by atoms with E-state index in [0.717, 1.165) is 6.42 Å². The number of carboxylic acids is 1. The minimum Gasteiger partial charge on any atom is -0.478 e. The number of hydrogen-bond acceptors (Lipinski definition) is 1. The third kappa shape index (κ3) is 1.63. The highest BCUT2D eigenvalue weighted by Gasteiger charge is 2.20. The first-order valence-electron chi connectivity index (χ1n) is 4.52. The summed E-state index contributed by atoms with van der Waals surface area (Å²) in [6.45, 7) is 0. The molecular weight excluding hydrogens is 219 g/mol. The van der Waals surface area contributed by atoms with Gasteiger partial charge >= 0.3 is 5.97 Å². The van der Waals surface area contributed by atoms with Crippen molar-refractivity contribution in [3.63, 3.8) is 0 Å². The Morgan fingerprint density at radius 2 is 2.27 bits per heavy atom. The number of fused-ring (bicyclic) bond motifs is 1. The van der Waals surface area contributed by atoms with Crippen LogP contribution in [0.25, 0.3) is 6.08 Å². The lowest BCUT2D eigenvalue weighted by molar-refractivity contribution is 0.0695. The SMILES string of the molecule is O=C(O)c1cc(Cl)c(F)c2c1CCC=C2. The Balaban J connectivity index is 2.74. The van der Waals surface area contributed by atoms with E-state index in [-0.39, 0.29) is 10.6 Å². The molecule has 2 rings (SSSR count). The average Bonchev–Trinajstić information content (AvgIpc) is 2.23. The molecule has 1 aromatic rings. The number of halogens is 2. The molecule has 0 saturated carbocycles. The zero-order chi connectivity index (χ0) is 11.0. The first kappa shape index (κ1) is 10.2. The summed E-state index contributed by atoms with van der Waals surface area (Å²) in [4.78, 5) is 10.9. The highest BCUT2D eigenvalue weighted by Crippen LogP contribution is 2.30. The van der Waals surface area contributed by atoms with Crippen molar-refractivity contribution < 1.29 is 14.3 Å². The maximum absolute atomic E-state index is 13.6. The van der Waals surface area contributed by atoms with E-state index in [4.69, 9.17) is 16.7 Å². The summed E-state index contributed by atoms with van der Waals surface area (Å²) in [5.41, 5.74) is 0.943. The lowest BCUT2D eigenvalue weighted by Crippen LogP contribution is -2.08. The second-order valence-corrected chi connectivity index (χ2v) is 3.77. The fraction of sp³-hybridized carbons (Fsp3) is 0.182. The summed E-state index contributed by atoms with van der Waals surface area (Å²) in [6, 6.07) is 1.18. The molecule has 4 heteroatoms. The van der Waals surface area contributed by atoms with Gasteiger partial charge in [0.1, 0.15) is 5.82 Å². The Bertz CT molecular complexity index is 466. The van der Waals surface area contributed by atoms with E-state index in [1.54, 1.807) is 6.08 Å². The van der Waals surface area contributed by atoms with Gasteiger partial charge in [0.2, 0.25) is 0 Å². The van der Waals surface area contributed by atoms with Crippen LogP contribution in [0, 0.1) is 5.82 Å². The van der Waals surface area contributed by atoms with Crippen molar-refractivity contribution in [1.29, 1.82) is 0 Å². The molecule has 0 fully saturated rings. The number of carboxylic acid groups (broad SMARTS) is 1. The van der Waals surface area contributed by atoms with E-state index < -0.39 is 11.8 Å². The minimum atomic E-state index is -1.07. The van der Waals surface area contributed by atoms with Gasteiger partial charge in [-0.25, -0.2) is 9.18 Å². The van der Waals surface area contributed by atoms with Gasteiger partial charge in [0.15, 0.2) is 0 Å². The topological polar surface area (TPSA) is 37.3 Å². The van der Waals surface area contributed by atoms with E-state index in [0.29, 0.717) is 17.5 Å². The fourth-order valence-corrected chi connectivity index (χ4v) is 1.96. The number of allylic oxidation sites excluding steroid dienone is 1. The predicted molar refractivity (Wildman–Crippen MR) is 55.7 cm³/mol. The van der Waals surface area contributed by atoms with Crippen molar-refractivity contribution in [2.24, 2.45) is 0 Å². The van der Waals surface area contributed by atoms with Crippen LogP contribution < -0.4 is 0 Å². The Labute approximate surface area is 91.0 Å². The van der Waals surface area contributed by atoms with Gasteiger partial charge in [0.05, 0.1) is 10.6 Å². The number of rotatable bonds is 1. The second-order valence-electron chi connectivity index (χ2n) is 3.36. The van der Waals surface area contributed by atoms with Crippen molar-refractivity contribution in [1.82, 2.24) is 0 Å². The van der Waals surface area contributed by atoms with Crippen LogP contribution in [0.3, 0.4) is 0 Å². The maximum atomic E-state index is 13.6. The molecule has 0 bridgehead atoms. The Morgan fingerprint density at radius 1 is 1.53 bits per heavy atom. The third-order valence-corrected chi connectivity index (χ3v) is 2.72. The predicted octanol–water partition coefficient (Wildman–Crippen LogP) is 3.14. The van der Waals surface area contributed by atoms with E-state index in [1.807, 2.05) is 6.08 Å². The van der Waals surface area contributed by atoms with Crippen molar-refractivity contribution >= 4 is 23.6 Å². The summed E-state index contributed by atoms with van der Waals surface area (Å²) in [5.74, 6) is -1.60. The molecule has 1 aliphatic carbocycles. The Hall–Kier alpha value is -1.35. The molecule has 1 N–H and O–H groups in total. The van der Waals surface area contributed by atoms with Crippen LogP contribution in [0.2, 0.25) is 5.02 Å². The van der Waals surface area contributed by atoms with E-state index in [9.17, 15) is 9.18 Å². The van der Waals surface area contributed by atoms with Gasteiger partial charge in [-0.05, 0) is 24.5 Å². The summed E-state index contributed by atoms with van der Waals surface area (Å²) in [5, 5.41) is 8.81. The minimum absolute atomic E-state index is 0.0979. The summed E-state index contributed by atoms with van der Waals surface area (Å²) >= 11 is 5.62. The molecule has 0 aliphatic heterocycles. The molecule has 78 valence electrons. The molecule has 0 spiro atoms. The van der Waals surface area contributed by atoms with Gasteiger partial charge in [-0.2, -0.15) is 0 Å². The standard InChI is InChI=1S/C11H8ClFO2/c12-9-5-8(11(14)15)6-3-1-2-4-7(6)10(9)13/h2,4-5H,1,3H2,(H,14,15). The zero-order valence-electron chi connectivity index (χ0n) is 7.76. The highest BCUT2D eigenvalue weighted by molar-refractivity contribution is 6.31. The lowest BCUT2D eigenvalue weighted by Gasteiger charge is -2.14. The van der Waals surface area contributed by atoms with Crippen molar-refractivity contribution in [2.75, 3.05) is 0 Å². The van der Waals surface area contributed by atoms with Gasteiger partial charge in [0, 0.05) is 5.56 Å². The van der Waals surface area contributed by atoms with E-state index in [1.165, 1.54) is 6.07 Å². The summed E-state index contributed by atoms with van der Waals surface area (Å²) in [7, 11) is 0. The quantitative estimate of drug-likeness (QED) is 0.799. The van der Waals surface area contributed by atoms with Crippen LogP contribution in [0.1, 0.15) is 27.9 Å². The maximum Gasteiger partial charge on any atom is 0.336 e. The molecule has 0 saturated heterocycles. The largest absolute Gasteiger partial charge is 0.478 e. The first-order valence-corrected chi connectivity index (χ1v) is 4.89. The molecule has 1 aliphatic rings. The molecule has 0 atom stereocenters. The van der Waals surface area contributed by atoms with E-state index in [2.05, 4.69) is 0 Å². The summed E-state index contributed by atoms with van der Waals surface area (Å²) < 4.78 is 13.6. The molecular formula is C11H8ClFO2. The molecule has 0 aromatic heterocycles. The molecule has 2 nitrogen and oxygen atoms in total. The third-order valence-electron chi connectivity index (χ3n) is 2.44. The number of benzene rings is 1. The van der Waals surface area contributed by atoms with Crippen LogP contribution >= 0.6 is 11.6 Å². The van der Waals surface area contributed by atoms with Gasteiger partial charge in [-0.1, -0.05) is 23.8 Å². The second kappa shape index (κ2) is 3.66.